The highest BCUT2D eigenvalue weighted by Crippen LogP contribution is 2.39. The summed E-state index contributed by atoms with van der Waals surface area (Å²) in [6, 6.07) is 2.03. The molecule has 1 aliphatic carbocycles. The second-order valence-electron chi connectivity index (χ2n) is 5.16. The molecule has 1 amide bonds. The molecule has 2 N–H and O–H groups in total. The SMILES string of the molecule is CN(Cc1ccsc1)C(=O)CSc1nnc(C2CC2)n1N. The van der Waals surface area contributed by atoms with Crippen LogP contribution in [0.2, 0.25) is 0 Å². The maximum atomic E-state index is 12.1. The Morgan fingerprint density at radius 2 is 2.38 bits per heavy atom. The molecule has 1 saturated carbocycles. The third-order valence-corrected chi connectivity index (χ3v) is 5.04. The van der Waals surface area contributed by atoms with E-state index < -0.39 is 0 Å². The summed E-state index contributed by atoms with van der Waals surface area (Å²) in [5.74, 6) is 7.62. The second kappa shape index (κ2) is 6.07. The predicted molar refractivity (Wildman–Crippen MR) is 83.7 cm³/mol. The molecule has 2 aromatic heterocycles. The normalized spacial score (nSPS) is 14.3. The van der Waals surface area contributed by atoms with E-state index in [1.165, 1.54) is 16.4 Å². The van der Waals surface area contributed by atoms with Gasteiger partial charge in [0.05, 0.1) is 5.75 Å². The van der Waals surface area contributed by atoms with Crippen LogP contribution in [0, 0.1) is 0 Å². The fourth-order valence-electron chi connectivity index (χ4n) is 1.99. The number of hydrogen-bond acceptors (Lipinski definition) is 6. The topological polar surface area (TPSA) is 77.0 Å². The van der Waals surface area contributed by atoms with Crippen LogP contribution in [0.5, 0.6) is 0 Å². The van der Waals surface area contributed by atoms with Gasteiger partial charge in [0.25, 0.3) is 0 Å². The molecule has 0 radical (unpaired) electrons. The molecule has 112 valence electrons. The van der Waals surface area contributed by atoms with Gasteiger partial charge in [0.2, 0.25) is 11.1 Å². The van der Waals surface area contributed by atoms with E-state index >= 15 is 0 Å². The standard InChI is InChI=1S/C13H17N5OS2/c1-17(6-9-4-5-20-7-9)11(19)8-21-13-16-15-12(18(13)14)10-2-3-10/h4-5,7,10H,2-3,6,8,14H2,1H3. The Morgan fingerprint density at radius 3 is 3.05 bits per heavy atom. The Bertz CT molecular complexity index is 621. The largest absolute Gasteiger partial charge is 0.341 e. The van der Waals surface area contributed by atoms with E-state index in [0.29, 0.717) is 23.4 Å². The summed E-state index contributed by atoms with van der Waals surface area (Å²) < 4.78 is 1.52. The molecule has 2 heterocycles. The van der Waals surface area contributed by atoms with Crippen molar-refractivity contribution in [2.45, 2.75) is 30.5 Å². The highest BCUT2D eigenvalue weighted by Gasteiger charge is 2.30. The van der Waals surface area contributed by atoms with Crippen molar-refractivity contribution >= 4 is 29.0 Å². The predicted octanol–water partition coefficient (Wildman–Crippen LogP) is 1.68. The van der Waals surface area contributed by atoms with E-state index in [1.807, 2.05) is 18.5 Å². The van der Waals surface area contributed by atoms with Gasteiger partial charge in [0.1, 0.15) is 0 Å². The first-order chi connectivity index (χ1) is 10.1. The molecule has 8 heteroatoms. The van der Waals surface area contributed by atoms with Gasteiger partial charge in [0, 0.05) is 19.5 Å². The van der Waals surface area contributed by atoms with Gasteiger partial charge in [-0.2, -0.15) is 11.3 Å². The van der Waals surface area contributed by atoms with Gasteiger partial charge in [-0.25, -0.2) is 4.68 Å². The van der Waals surface area contributed by atoms with E-state index in [-0.39, 0.29) is 5.91 Å². The molecule has 0 saturated heterocycles. The Hall–Kier alpha value is -1.54. The molecule has 2 aromatic rings. The van der Waals surface area contributed by atoms with Crippen LogP contribution in [-0.2, 0) is 11.3 Å². The second-order valence-corrected chi connectivity index (χ2v) is 6.88. The number of carbonyl (C=O) groups excluding carboxylic acids is 1. The quantitative estimate of drug-likeness (QED) is 0.646. The third-order valence-electron chi connectivity index (χ3n) is 3.38. The summed E-state index contributed by atoms with van der Waals surface area (Å²) in [6.45, 7) is 0.630. The number of thioether (sulfide) groups is 1. The average molecular weight is 323 g/mol. The zero-order chi connectivity index (χ0) is 14.8. The first-order valence-electron chi connectivity index (χ1n) is 6.73. The van der Waals surface area contributed by atoms with Crippen molar-refractivity contribution in [2.75, 3.05) is 18.6 Å². The lowest BCUT2D eigenvalue weighted by atomic mass is 10.3. The van der Waals surface area contributed by atoms with E-state index in [4.69, 9.17) is 5.84 Å². The number of rotatable bonds is 6. The minimum Gasteiger partial charge on any atom is -0.341 e. The van der Waals surface area contributed by atoms with Gasteiger partial charge < -0.3 is 10.7 Å². The summed E-state index contributed by atoms with van der Waals surface area (Å²) in [4.78, 5) is 13.8. The number of nitrogens with two attached hydrogens (primary N) is 1. The zero-order valence-electron chi connectivity index (χ0n) is 11.7. The maximum absolute atomic E-state index is 12.1. The molecule has 21 heavy (non-hydrogen) atoms. The van der Waals surface area contributed by atoms with Gasteiger partial charge in [0.15, 0.2) is 5.82 Å². The highest BCUT2D eigenvalue weighted by atomic mass is 32.2. The van der Waals surface area contributed by atoms with Crippen LogP contribution in [0.4, 0.5) is 0 Å². The van der Waals surface area contributed by atoms with Crippen molar-refractivity contribution in [3.8, 4) is 0 Å². The summed E-state index contributed by atoms with van der Waals surface area (Å²) in [7, 11) is 1.81. The van der Waals surface area contributed by atoms with Crippen LogP contribution < -0.4 is 5.84 Å². The van der Waals surface area contributed by atoms with Crippen molar-refractivity contribution in [3.05, 3.63) is 28.2 Å². The fourth-order valence-corrected chi connectivity index (χ4v) is 3.45. The van der Waals surface area contributed by atoms with Gasteiger partial charge in [-0.1, -0.05) is 11.8 Å². The minimum absolute atomic E-state index is 0.0576. The number of nitrogens with zero attached hydrogens (tertiary/aromatic N) is 4. The van der Waals surface area contributed by atoms with Crippen molar-refractivity contribution in [3.63, 3.8) is 0 Å². The van der Waals surface area contributed by atoms with Crippen LogP contribution in [0.15, 0.2) is 22.0 Å². The Morgan fingerprint density at radius 1 is 1.57 bits per heavy atom. The molecule has 0 bridgehead atoms. The number of hydrogen-bond donors (Lipinski definition) is 1. The van der Waals surface area contributed by atoms with E-state index in [0.717, 1.165) is 24.2 Å². The van der Waals surface area contributed by atoms with Gasteiger partial charge >= 0.3 is 0 Å². The van der Waals surface area contributed by atoms with E-state index in [9.17, 15) is 4.79 Å². The van der Waals surface area contributed by atoms with Crippen LogP contribution in [0.25, 0.3) is 0 Å². The number of aromatic nitrogens is 3. The van der Waals surface area contributed by atoms with Crippen molar-refractivity contribution < 1.29 is 4.79 Å². The lowest BCUT2D eigenvalue weighted by molar-refractivity contribution is -0.127. The van der Waals surface area contributed by atoms with Crippen molar-refractivity contribution in [2.24, 2.45) is 0 Å². The summed E-state index contributed by atoms with van der Waals surface area (Å²) in [5, 5.41) is 12.8. The summed E-state index contributed by atoms with van der Waals surface area (Å²) in [5.41, 5.74) is 1.15. The Balaban J connectivity index is 1.53. The highest BCUT2D eigenvalue weighted by molar-refractivity contribution is 7.99. The number of amides is 1. The number of carbonyl (C=O) groups is 1. The monoisotopic (exact) mass is 323 g/mol. The summed E-state index contributed by atoms with van der Waals surface area (Å²) in [6.07, 6.45) is 2.25. The van der Waals surface area contributed by atoms with E-state index in [1.54, 1.807) is 16.2 Å². The maximum Gasteiger partial charge on any atom is 0.233 e. The van der Waals surface area contributed by atoms with Crippen LogP contribution in [-0.4, -0.2) is 38.5 Å². The molecule has 0 aliphatic heterocycles. The van der Waals surface area contributed by atoms with Crippen LogP contribution in [0.1, 0.15) is 30.1 Å². The van der Waals surface area contributed by atoms with Crippen LogP contribution >= 0.6 is 23.1 Å². The summed E-state index contributed by atoms with van der Waals surface area (Å²) >= 11 is 2.97. The molecule has 0 unspecified atom stereocenters. The molecule has 0 spiro atoms. The Kier molecular flexibility index (Phi) is 4.16. The third kappa shape index (κ3) is 3.38. The molecule has 0 aromatic carbocycles. The first kappa shape index (κ1) is 14.4. The van der Waals surface area contributed by atoms with Gasteiger partial charge in [-0.3, -0.25) is 4.79 Å². The van der Waals surface area contributed by atoms with Crippen LogP contribution in [0.3, 0.4) is 0 Å². The number of nitrogen functional groups attached to an aromatic ring is 1. The molecule has 1 fully saturated rings. The molecular weight excluding hydrogens is 306 g/mol. The van der Waals surface area contributed by atoms with Crippen molar-refractivity contribution in [1.82, 2.24) is 19.8 Å². The van der Waals surface area contributed by atoms with E-state index in [2.05, 4.69) is 15.6 Å². The lowest BCUT2D eigenvalue weighted by Crippen LogP contribution is -2.27. The Labute approximate surface area is 131 Å². The molecule has 0 atom stereocenters. The van der Waals surface area contributed by atoms with Gasteiger partial charge in [-0.05, 0) is 35.2 Å². The fraction of sp³-hybridized carbons (Fsp3) is 0.462. The lowest BCUT2D eigenvalue weighted by Gasteiger charge is -2.15. The minimum atomic E-state index is 0.0576. The van der Waals surface area contributed by atoms with Gasteiger partial charge in [-0.15, -0.1) is 10.2 Å². The molecule has 3 rings (SSSR count). The average Bonchev–Trinajstić information content (AvgIpc) is 3.06. The first-order valence-corrected chi connectivity index (χ1v) is 8.66. The zero-order valence-corrected chi connectivity index (χ0v) is 13.4. The number of thiophene rings is 1. The molecule has 1 aliphatic rings. The van der Waals surface area contributed by atoms with Crippen molar-refractivity contribution in [1.29, 1.82) is 0 Å². The smallest absolute Gasteiger partial charge is 0.233 e. The molecule has 6 nitrogen and oxygen atoms in total. The molecular formula is C13H17N5OS2.